The summed E-state index contributed by atoms with van der Waals surface area (Å²) in [7, 11) is 0. The Morgan fingerprint density at radius 3 is 1.71 bits per heavy atom. The van der Waals surface area contributed by atoms with E-state index in [1.807, 2.05) is 18.2 Å². The number of aromatic nitrogens is 2. The summed E-state index contributed by atoms with van der Waals surface area (Å²) in [6.45, 7) is 0. The highest BCUT2D eigenvalue weighted by Gasteiger charge is 2.10. The van der Waals surface area contributed by atoms with Crippen LogP contribution in [0.15, 0.2) is 85.1 Å². The number of hydrogen-bond donors (Lipinski definition) is 0. The molecule has 0 bridgehead atoms. The van der Waals surface area contributed by atoms with E-state index in [1.54, 1.807) is 6.20 Å². The third-order valence-electron chi connectivity index (χ3n) is 4.51. The number of pyridine rings is 2. The van der Waals surface area contributed by atoms with Gasteiger partial charge in [-0.05, 0) is 40.4 Å². The lowest BCUT2D eigenvalue weighted by Gasteiger charge is -2.10. The van der Waals surface area contributed by atoms with Crippen LogP contribution in [-0.4, -0.2) is 9.97 Å². The molecular formula is C22H14N2. The Bertz CT molecular complexity index is 1160. The summed E-state index contributed by atoms with van der Waals surface area (Å²) in [4.78, 5) is 9.40. The van der Waals surface area contributed by atoms with Crippen molar-refractivity contribution in [3.05, 3.63) is 85.1 Å². The van der Waals surface area contributed by atoms with E-state index in [9.17, 15) is 0 Å². The van der Waals surface area contributed by atoms with Crippen LogP contribution in [0.25, 0.3) is 43.8 Å². The Hall–Kier alpha value is -3.26. The molecule has 0 fully saturated rings. The Labute approximate surface area is 139 Å². The SMILES string of the molecule is c1ccc(-c2ccc3c4ccccc4c4ccccc4c3n2)nc1. The van der Waals surface area contributed by atoms with Crippen LogP contribution in [0.5, 0.6) is 0 Å². The van der Waals surface area contributed by atoms with Gasteiger partial charge >= 0.3 is 0 Å². The maximum atomic E-state index is 4.96. The molecule has 0 amide bonds. The first kappa shape index (κ1) is 13.2. The van der Waals surface area contributed by atoms with E-state index in [4.69, 9.17) is 4.98 Å². The lowest BCUT2D eigenvalue weighted by Crippen LogP contribution is -1.90. The number of hydrogen-bond acceptors (Lipinski definition) is 2. The first-order chi connectivity index (χ1) is 11.9. The minimum Gasteiger partial charge on any atom is -0.255 e. The highest BCUT2D eigenvalue weighted by Crippen LogP contribution is 2.34. The second-order valence-corrected chi connectivity index (χ2v) is 5.90. The van der Waals surface area contributed by atoms with Gasteiger partial charge in [0.15, 0.2) is 0 Å². The minimum atomic E-state index is 0.900. The van der Waals surface area contributed by atoms with Gasteiger partial charge in [-0.3, -0.25) is 4.98 Å². The van der Waals surface area contributed by atoms with E-state index < -0.39 is 0 Å². The molecule has 2 heterocycles. The van der Waals surface area contributed by atoms with Gasteiger partial charge in [0.2, 0.25) is 0 Å². The average molecular weight is 306 g/mol. The summed E-state index contributed by atoms with van der Waals surface area (Å²) in [5.74, 6) is 0. The van der Waals surface area contributed by atoms with E-state index >= 15 is 0 Å². The maximum absolute atomic E-state index is 4.96. The van der Waals surface area contributed by atoms with Crippen molar-refractivity contribution in [1.29, 1.82) is 0 Å². The van der Waals surface area contributed by atoms with Crippen molar-refractivity contribution in [2.75, 3.05) is 0 Å². The van der Waals surface area contributed by atoms with Gasteiger partial charge in [-0.15, -0.1) is 0 Å². The fourth-order valence-electron chi connectivity index (χ4n) is 3.42. The first-order valence-electron chi connectivity index (χ1n) is 8.03. The van der Waals surface area contributed by atoms with Crippen molar-refractivity contribution in [3.63, 3.8) is 0 Å². The van der Waals surface area contributed by atoms with Crippen molar-refractivity contribution in [3.8, 4) is 11.4 Å². The fraction of sp³-hybridized carbons (Fsp3) is 0. The number of nitrogens with zero attached hydrogens (tertiary/aromatic N) is 2. The van der Waals surface area contributed by atoms with Crippen LogP contribution in [-0.2, 0) is 0 Å². The zero-order chi connectivity index (χ0) is 15.9. The summed E-state index contributed by atoms with van der Waals surface area (Å²) in [6, 6.07) is 27.2. The smallest absolute Gasteiger partial charge is 0.0894 e. The van der Waals surface area contributed by atoms with Gasteiger partial charge in [0, 0.05) is 17.0 Å². The molecule has 0 saturated heterocycles. The molecule has 0 aliphatic rings. The molecule has 0 atom stereocenters. The average Bonchev–Trinajstić information content (AvgIpc) is 2.68. The molecule has 112 valence electrons. The molecule has 0 saturated carbocycles. The third-order valence-corrected chi connectivity index (χ3v) is 4.51. The Kier molecular flexibility index (Phi) is 2.83. The maximum Gasteiger partial charge on any atom is 0.0894 e. The van der Waals surface area contributed by atoms with Gasteiger partial charge in [0.05, 0.1) is 16.9 Å². The lowest BCUT2D eigenvalue weighted by atomic mass is 9.97. The number of rotatable bonds is 1. The Morgan fingerprint density at radius 2 is 1.04 bits per heavy atom. The second kappa shape index (κ2) is 5.14. The largest absolute Gasteiger partial charge is 0.255 e. The van der Waals surface area contributed by atoms with Crippen LogP contribution in [0.4, 0.5) is 0 Å². The van der Waals surface area contributed by atoms with E-state index in [0.717, 1.165) is 16.9 Å². The van der Waals surface area contributed by atoms with Gasteiger partial charge in [0.25, 0.3) is 0 Å². The van der Waals surface area contributed by atoms with Crippen LogP contribution >= 0.6 is 0 Å². The number of benzene rings is 3. The van der Waals surface area contributed by atoms with Crippen LogP contribution < -0.4 is 0 Å². The molecule has 0 radical (unpaired) electrons. The zero-order valence-electron chi connectivity index (χ0n) is 13.0. The molecule has 0 aliphatic heterocycles. The van der Waals surface area contributed by atoms with Crippen molar-refractivity contribution < 1.29 is 0 Å². The summed E-state index contributed by atoms with van der Waals surface area (Å²) >= 11 is 0. The quantitative estimate of drug-likeness (QED) is 0.376. The van der Waals surface area contributed by atoms with Gasteiger partial charge in [-0.1, -0.05) is 54.6 Å². The monoisotopic (exact) mass is 306 g/mol. The molecule has 3 aromatic carbocycles. The first-order valence-corrected chi connectivity index (χ1v) is 8.03. The van der Waals surface area contributed by atoms with Gasteiger partial charge in [0.1, 0.15) is 0 Å². The van der Waals surface area contributed by atoms with E-state index in [2.05, 4.69) is 65.6 Å². The van der Waals surface area contributed by atoms with Crippen molar-refractivity contribution in [2.24, 2.45) is 0 Å². The molecule has 2 heteroatoms. The number of fused-ring (bicyclic) bond motifs is 6. The molecule has 0 unspecified atom stereocenters. The summed E-state index contributed by atoms with van der Waals surface area (Å²) < 4.78 is 0. The van der Waals surface area contributed by atoms with Gasteiger partial charge in [-0.25, -0.2) is 4.98 Å². The molecule has 2 nitrogen and oxygen atoms in total. The van der Waals surface area contributed by atoms with E-state index in [-0.39, 0.29) is 0 Å². The zero-order valence-corrected chi connectivity index (χ0v) is 13.0. The predicted molar refractivity (Wildman–Crippen MR) is 100.0 cm³/mol. The van der Waals surface area contributed by atoms with Gasteiger partial charge < -0.3 is 0 Å². The third kappa shape index (κ3) is 1.90. The van der Waals surface area contributed by atoms with Crippen LogP contribution in [0, 0.1) is 0 Å². The molecule has 5 rings (SSSR count). The summed E-state index contributed by atoms with van der Waals surface area (Å²) in [5.41, 5.74) is 2.84. The molecule has 0 N–H and O–H groups in total. The molecule has 24 heavy (non-hydrogen) atoms. The van der Waals surface area contributed by atoms with Crippen molar-refractivity contribution >= 4 is 32.4 Å². The molecular weight excluding hydrogens is 292 g/mol. The Balaban J connectivity index is 1.96. The Morgan fingerprint density at radius 1 is 0.458 bits per heavy atom. The molecule has 0 spiro atoms. The summed E-state index contributed by atoms with van der Waals surface area (Å²) in [6.07, 6.45) is 1.81. The van der Waals surface area contributed by atoms with E-state index in [0.29, 0.717) is 0 Å². The van der Waals surface area contributed by atoms with Crippen LogP contribution in [0.1, 0.15) is 0 Å². The lowest BCUT2D eigenvalue weighted by molar-refractivity contribution is 1.28. The van der Waals surface area contributed by atoms with Crippen LogP contribution in [0.2, 0.25) is 0 Å². The molecule has 0 aliphatic carbocycles. The molecule has 2 aromatic heterocycles. The fourth-order valence-corrected chi connectivity index (χ4v) is 3.42. The highest BCUT2D eigenvalue weighted by molar-refractivity contribution is 6.24. The molecule has 5 aromatic rings. The topological polar surface area (TPSA) is 25.8 Å². The minimum absolute atomic E-state index is 0.900. The summed E-state index contributed by atoms with van der Waals surface area (Å²) in [5, 5.41) is 6.12. The second-order valence-electron chi connectivity index (χ2n) is 5.90. The van der Waals surface area contributed by atoms with E-state index in [1.165, 1.54) is 26.9 Å². The van der Waals surface area contributed by atoms with Crippen LogP contribution in [0.3, 0.4) is 0 Å². The van der Waals surface area contributed by atoms with Crippen molar-refractivity contribution in [1.82, 2.24) is 9.97 Å². The predicted octanol–water partition coefficient (Wildman–Crippen LogP) is 5.60. The van der Waals surface area contributed by atoms with Gasteiger partial charge in [-0.2, -0.15) is 0 Å². The standard InChI is InChI=1S/C22H14N2/c1-2-9-17-15(7-1)16-8-3-4-10-18(16)22-19(17)12-13-21(24-22)20-11-5-6-14-23-20/h1-14H. The highest BCUT2D eigenvalue weighted by atomic mass is 14.8. The van der Waals surface area contributed by atoms with Crippen molar-refractivity contribution in [2.45, 2.75) is 0 Å². The normalized spacial score (nSPS) is 11.3.